The maximum absolute atomic E-state index is 11.7. The van der Waals surface area contributed by atoms with Gasteiger partial charge >= 0.3 is 5.92 Å². The molecule has 0 amide bonds. The van der Waals surface area contributed by atoms with Crippen molar-refractivity contribution >= 4 is 7.92 Å². The molecule has 0 aliphatic carbocycles. The van der Waals surface area contributed by atoms with Gasteiger partial charge in [0.25, 0.3) is 0 Å². The Labute approximate surface area is 54.2 Å². The molecule has 9 heavy (non-hydrogen) atoms. The number of rotatable bonds is 2. The molecule has 0 fully saturated rings. The Hall–Kier alpha value is 0.220. The van der Waals surface area contributed by atoms with Gasteiger partial charge in [-0.05, 0) is 12.3 Å². The molecule has 0 rings (SSSR count). The summed E-state index contributed by atoms with van der Waals surface area (Å²) < 4.78 is 35.2. The Bertz CT molecular complexity index is 74.8. The molecule has 0 atom stereocenters. The normalized spacial score (nSPS) is 12.7. The second-order valence-corrected chi connectivity index (χ2v) is 4.49. The second kappa shape index (κ2) is 3.40. The smallest absolute Gasteiger partial charge is 0.167 e. The van der Waals surface area contributed by atoms with Gasteiger partial charge in [-0.25, -0.2) is 0 Å². The lowest BCUT2D eigenvalue weighted by Crippen LogP contribution is -2.07. The Morgan fingerprint density at radius 2 is 1.44 bits per heavy atom. The monoisotopic (exact) mass is 158 g/mol. The van der Waals surface area contributed by atoms with E-state index in [-0.39, 0.29) is 12.3 Å². The highest BCUT2D eigenvalue weighted by molar-refractivity contribution is 7.58. The molecule has 0 heterocycles. The van der Waals surface area contributed by atoms with Crippen LogP contribution in [0.25, 0.3) is 0 Å². The molecule has 0 aromatic rings. The Kier molecular flexibility index (Phi) is 3.49. The number of alkyl halides is 3. The van der Waals surface area contributed by atoms with E-state index in [0.29, 0.717) is 0 Å². The minimum absolute atomic E-state index is 0.259. The van der Waals surface area contributed by atoms with E-state index in [0.717, 1.165) is 0 Å². The third-order valence-electron chi connectivity index (χ3n) is 1.12. The van der Waals surface area contributed by atoms with Gasteiger partial charge in [0.2, 0.25) is 0 Å². The van der Waals surface area contributed by atoms with Gasteiger partial charge in [-0.3, -0.25) is 0 Å². The average Bonchev–Trinajstić information content (AvgIpc) is 1.65. The summed E-state index contributed by atoms with van der Waals surface area (Å²) in [6.45, 7) is 3.17. The zero-order chi connectivity index (χ0) is 7.49. The van der Waals surface area contributed by atoms with E-state index in [4.69, 9.17) is 0 Å². The van der Waals surface area contributed by atoms with Crippen molar-refractivity contribution in [2.75, 3.05) is 12.3 Å². The Balaban J connectivity index is 3.79. The minimum atomic E-state index is -3.92. The molecule has 0 spiro atoms. The largest absolute Gasteiger partial charge is 0.405 e. The van der Waals surface area contributed by atoms with Crippen molar-refractivity contribution in [3.05, 3.63) is 0 Å². The molecule has 0 saturated carbocycles. The van der Waals surface area contributed by atoms with Crippen LogP contribution in [-0.2, 0) is 0 Å². The van der Waals surface area contributed by atoms with Crippen molar-refractivity contribution in [1.29, 1.82) is 0 Å². The summed E-state index contributed by atoms with van der Waals surface area (Å²) >= 11 is 0. The fourth-order valence-corrected chi connectivity index (χ4v) is 1.75. The zero-order valence-electron chi connectivity index (χ0n) is 5.50. The van der Waals surface area contributed by atoms with Gasteiger partial charge in [-0.1, -0.05) is 13.8 Å². The van der Waals surface area contributed by atoms with Gasteiger partial charge < -0.3 is 0 Å². The van der Waals surface area contributed by atoms with Gasteiger partial charge in [0, 0.05) is 7.92 Å². The van der Waals surface area contributed by atoms with E-state index in [1.807, 2.05) is 0 Å². The predicted octanol–water partition coefficient (Wildman–Crippen LogP) is 3.03. The first-order chi connectivity index (χ1) is 4.02. The lowest BCUT2D eigenvalue weighted by atomic mass is 11.0. The van der Waals surface area contributed by atoms with E-state index >= 15 is 0 Å². The summed E-state index contributed by atoms with van der Waals surface area (Å²) in [6, 6.07) is 0. The lowest BCUT2D eigenvalue weighted by Gasteiger charge is -2.15. The van der Waals surface area contributed by atoms with Gasteiger partial charge in [0.1, 0.15) is 0 Å². The third-order valence-corrected chi connectivity index (χ3v) is 3.37. The molecule has 0 aromatic heterocycles. The van der Waals surface area contributed by atoms with Crippen LogP contribution in [0.15, 0.2) is 0 Å². The van der Waals surface area contributed by atoms with E-state index < -0.39 is 13.8 Å². The summed E-state index contributed by atoms with van der Waals surface area (Å²) in [5.74, 6) is -3.92. The van der Waals surface area contributed by atoms with Crippen molar-refractivity contribution in [2.45, 2.75) is 19.8 Å². The van der Waals surface area contributed by atoms with Gasteiger partial charge in [0.15, 0.2) is 0 Å². The average molecular weight is 158 g/mol. The zero-order valence-corrected chi connectivity index (χ0v) is 6.39. The topological polar surface area (TPSA) is 0 Å². The van der Waals surface area contributed by atoms with Crippen LogP contribution in [0.3, 0.4) is 0 Å². The first-order valence-corrected chi connectivity index (χ1v) is 4.55. The van der Waals surface area contributed by atoms with Crippen molar-refractivity contribution in [2.24, 2.45) is 0 Å². The Morgan fingerprint density at radius 3 is 1.44 bits per heavy atom. The van der Waals surface area contributed by atoms with E-state index in [1.54, 1.807) is 13.8 Å². The predicted molar refractivity (Wildman–Crippen MR) is 34.1 cm³/mol. The van der Waals surface area contributed by atoms with Crippen LogP contribution in [0.5, 0.6) is 0 Å². The number of hydrogen-bond donors (Lipinski definition) is 0. The Morgan fingerprint density at radius 1 is 1.11 bits per heavy atom. The van der Waals surface area contributed by atoms with Crippen LogP contribution in [0.2, 0.25) is 0 Å². The first-order valence-electron chi connectivity index (χ1n) is 2.84. The molecular formula is C5H10F3P. The van der Waals surface area contributed by atoms with Crippen LogP contribution in [0, 0.1) is 0 Å². The molecule has 0 unspecified atom stereocenters. The molecule has 0 aromatic carbocycles. The van der Waals surface area contributed by atoms with Crippen LogP contribution in [0.1, 0.15) is 13.8 Å². The summed E-state index contributed by atoms with van der Waals surface area (Å²) in [5, 5.41) is 0. The fraction of sp³-hybridized carbons (Fsp3) is 1.00. The third kappa shape index (κ3) is 3.04. The molecule has 4 heteroatoms. The maximum Gasteiger partial charge on any atom is 0.405 e. The quantitative estimate of drug-likeness (QED) is 0.542. The van der Waals surface area contributed by atoms with Crippen molar-refractivity contribution in [3.63, 3.8) is 0 Å². The van der Waals surface area contributed by atoms with E-state index in [1.165, 1.54) is 0 Å². The van der Waals surface area contributed by atoms with Crippen molar-refractivity contribution < 1.29 is 13.2 Å². The van der Waals surface area contributed by atoms with Crippen molar-refractivity contribution in [1.82, 2.24) is 0 Å². The summed E-state index contributed by atoms with van der Waals surface area (Å²) in [5.41, 5.74) is 0. The SMILES string of the molecule is CCP(CC)C(F)(F)F. The molecule has 56 valence electrons. The van der Waals surface area contributed by atoms with E-state index in [9.17, 15) is 13.2 Å². The number of halogens is 3. The standard InChI is InChI=1S/C5H10F3P/c1-3-9(4-2)5(6,7)8/h3-4H2,1-2H3. The molecule has 0 aliphatic rings. The summed E-state index contributed by atoms with van der Waals surface area (Å²) in [6.07, 6.45) is 0.519. The summed E-state index contributed by atoms with van der Waals surface area (Å²) in [7, 11) is -1.70. The maximum atomic E-state index is 11.7. The highest BCUT2D eigenvalue weighted by Crippen LogP contribution is 2.52. The van der Waals surface area contributed by atoms with Crippen molar-refractivity contribution in [3.8, 4) is 0 Å². The molecule has 0 aliphatic heterocycles. The minimum Gasteiger partial charge on any atom is -0.167 e. The first kappa shape index (κ1) is 9.22. The van der Waals surface area contributed by atoms with Crippen LogP contribution < -0.4 is 0 Å². The molecule has 0 nitrogen and oxygen atoms in total. The molecule has 0 saturated heterocycles. The molecule has 0 bridgehead atoms. The van der Waals surface area contributed by atoms with Gasteiger partial charge in [-0.15, -0.1) is 0 Å². The molecule has 0 radical (unpaired) electrons. The summed E-state index contributed by atoms with van der Waals surface area (Å²) in [4.78, 5) is 0. The highest BCUT2D eigenvalue weighted by Gasteiger charge is 2.35. The van der Waals surface area contributed by atoms with Gasteiger partial charge in [-0.2, -0.15) is 13.2 Å². The fourth-order valence-electron chi connectivity index (χ4n) is 0.582. The molecular weight excluding hydrogens is 148 g/mol. The highest BCUT2D eigenvalue weighted by atomic mass is 31.1. The second-order valence-electron chi connectivity index (χ2n) is 1.64. The molecule has 0 N–H and O–H groups in total. The van der Waals surface area contributed by atoms with Crippen LogP contribution in [-0.4, -0.2) is 18.2 Å². The van der Waals surface area contributed by atoms with Crippen LogP contribution in [0.4, 0.5) is 13.2 Å². The number of hydrogen-bond acceptors (Lipinski definition) is 0. The van der Waals surface area contributed by atoms with Gasteiger partial charge in [0.05, 0.1) is 0 Å². The lowest BCUT2D eigenvalue weighted by molar-refractivity contribution is -0.0401. The van der Waals surface area contributed by atoms with E-state index in [2.05, 4.69) is 0 Å². The van der Waals surface area contributed by atoms with Crippen LogP contribution >= 0.6 is 7.92 Å².